The molecule has 0 unspecified atom stereocenters. The van der Waals surface area contributed by atoms with Crippen LogP contribution in [0.15, 0.2) is 138 Å². The van der Waals surface area contributed by atoms with E-state index in [1.807, 2.05) is 60.7 Å². The fourth-order valence-electron chi connectivity index (χ4n) is 5.76. The first-order valence-corrected chi connectivity index (χ1v) is 14.1. The molecule has 8 rings (SSSR count). The lowest BCUT2D eigenvalue weighted by atomic mass is 9.93. The van der Waals surface area contributed by atoms with Crippen molar-refractivity contribution in [2.24, 2.45) is 0 Å². The number of para-hydroxylation sites is 1. The Balaban J connectivity index is 1.32. The maximum atomic E-state index is 6.53. The molecule has 0 fully saturated rings. The van der Waals surface area contributed by atoms with Gasteiger partial charge in [-0.25, -0.2) is 4.98 Å². The Morgan fingerprint density at radius 2 is 1.17 bits per heavy atom. The van der Waals surface area contributed by atoms with E-state index in [-0.39, 0.29) is 5.28 Å². The van der Waals surface area contributed by atoms with E-state index in [0.29, 0.717) is 17.2 Å². The van der Waals surface area contributed by atoms with Crippen molar-refractivity contribution in [1.29, 1.82) is 0 Å². The second-order valence-electron chi connectivity index (χ2n) is 10.2. The van der Waals surface area contributed by atoms with Crippen LogP contribution in [0, 0.1) is 0 Å². The van der Waals surface area contributed by atoms with Gasteiger partial charge in [0.15, 0.2) is 11.6 Å². The molecule has 2 heterocycles. The Hall–Kier alpha value is -5.32. The van der Waals surface area contributed by atoms with Gasteiger partial charge in [-0.15, -0.1) is 0 Å². The van der Waals surface area contributed by atoms with Gasteiger partial charge in [-0.1, -0.05) is 115 Å². The number of nitrogens with zero attached hydrogens (tertiary/aromatic N) is 3. The van der Waals surface area contributed by atoms with Crippen LogP contribution in [-0.2, 0) is 0 Å². The number of halogens is 1. The minimum absolute atomic E-state index is 0.137. The lowest BCUT2D eigenvalue weighted by Crippen LogP contribution is -1.97. The number of hydrogen-bond acceptors (Lipinski definition) is 4. The average Bonchev–Trinajstić information content (AvgIpc) is 3.44. The molecule has 0 bridgehead atoms. The van der Waals surface area contributed by atoms with Crippen molar-refractivity contribution >= 4 is 44.3 Å². The summed E-state index contributed by atoms with van der Waals surface area (Å²) in [5.41, 5.74) is 7.82. The molecule has 0 amide bonds. The van der Waals surface area contributed by atoms with Crippen LogP contribution in [0.2, 0.25) is 5.28 Å². The summed E-state index contributed by atoms with van der Waals surface area (Å²) in [5, 5.41) is 4.56. The van der Waals surface area contributed by atoms with E-state index in [9.17, 15) is 0 Å². The van der Waals surface area contributed by atoms with Crippen LogP contribution in [0.1, 0.15) is 0 Å². The molecular weight excluding hydrogens is 538 g/mol. The molecule has 0 atom stereocenters. The fourth-order valence-corrected chi connectivity index (χ4v) is 5.92. The van der Waals surface area contributed by atoms with Crippen LogP contribution in [0.4, 0.5) is 0 Å². The molecular formula is C37H22ClN3O. The Bertz CT molecular complexity index is 2260. The quantitative estimate of drug-likeness (QED) is 0.215. The maximum Gasteiger partial charge on any atom is 0.226 e. The molecule has 5 heteroatoms. The Morgan fingerprint density at radius 3 is 2.00 bits per heavy atom. The molecule has 0 aliphatic heterocycles. The molecule has 0 aliphatic carbocycles. The number of fused-ring (bicyclic) bond motifs is 4. The van der Waals surface area contributed by atoms with Gasteiger partial charge < -0.3 is 4.42 Å². The summed E-state index contributed by atoms with van der Waals surface area (Å²) in [6.07, 6.45) is 0. The standard InChI is InChI=1S/C37H22ClN3O/c38-37-40-35(24-12-5-2-6-13-24)39-36(41-37)31-18-8-17-30-33-29(16-9-19-32(33)42-34(30)31)28-15-7-14-26-22-25(20-21-27(26)28)23-10-3-1-4-11-23/h1-22H. The number of hydrogen-bond donors (Lipinski definition) is 0. The molecule has 4 nitrogen and oxygen atoms in total. The minimum atomic E-state index is 0.137. The fraction of sp³-hybridized carbons (Fsp3) is 0. The molecule has 0 radical (unpaired) electrons. The molecule has 198 valence electrons. The molecule has 0 saturated heterocycles. The minimum Gasteiger partial charge on any atom is -0.455 e. The third kappa shape index (κ3) is 4.12. The Kier molecular flexibility index (Phi) is 5.80. The van der Waals surface area contributed by atoms with Crippen molar-refractivity contribution in [3.63, 3.8) is 0 Å². The third-order valence-electron chi connectivity index (χ3n) is 7.68. The molecule has 2 aromatic heterocycles. The number of furan rings is 1. The zero-order valence-corrected chi connectivity index (χ0v) is 23.1. The van der Waals surface area contributed by atoms with Crippen molar-refractivity contribution in [2.45, 2.75) is 0 Å². The highest BCUT2D eigenvalue weighted by Crippen LogP contribution is 2.42. The van der Waals surface area contributed by atoms with Gasteiger partial charge in [-0.3, -0.25) is 0 Å². The molecule has 6 aromatic carbocycles. The second kappa shape index (κ2) is 9.95. The lowest BCUT2D eigenvalue weighted by Gasteiger charge is -2.10. The van der Waals surface area contributed by atoms with E-state index < -0.39 is 0 Å². The predicted octanol–water partition coefficient (Wildman–Crippen LogP) is 10.2. The summed E-state index contributed by atoms with van der Waals surface area (Å²) in [4.78, 5) is 13.6. The first kappa shape index (κ1) is 24.5. The van der Waals surface area contributed by atoms with Crippen molar-refractivity contribution < 1.29 is 4.42 Å². The van der Waals surface area contributed by atoms with Gasteiger partial charge in [0.2, 0.25) is 5.28 Å². The van der Waals surface area contributed by atoms with Crippen molar-refractivity contribution in [2.75, 3.05) is 0 Å². The van der Waals surface area contributed by atoms with E-state index in [4.69, 9.17) is 21.0 Å². The van der Waals surface area contributed by atoms with Gasteiger partial charge in [-0.05, 0) is 62.8 Å². The zero-order chi connectivity index (χ0) is 28.0. The second-order valence-corrected chi connectivity index (χ2v) is 10.5. The summed E-state index contributed by atoms with van der Waals surface area (Å²) in [7, 11) is 0. The molecule has 8 aromatic rings. The number of rotatable bonds is 4. The van der Waals surface area contributed by atoms with Gasteiger partial charge in [0.05, 0.1) is 5.56 Å². The van der Waals surface area contributed by atoms with Crippen molar-refractivity contribution in [3.8, 4) is 45.0 Å². The number of benzene rings is 6. The van der Waals surface area contributed by atoms with Crippen LogP contribution < -0.4 is 0 Å². The number of aromatic nitrogens is 3. The molecule has 0 saturated carbocycles. The first-order chi connectivity index (χ1) is 20.7. The monoisotopic (exact) mass is 559 g/mol. The highest BCUT2D eigenvalue weighted by Gasteiger charge is 2.19. The zero-order valence-electron chi connectivity index (χ0n) is 22.3. The third-order valence-corrected chi connectivity index (χ3v) is 7.85. The smallest absolute Gasteiger partial charge is 0.226 e. The van der Waals surface area contributed by atoms with E-state index in [1.165, 1.54) is 21.9 Å². The van der Waals surface area contributed by atoms with Crippen LogP contribution in [0.3, 0.4) is 0 Å². The van der Waals surface area contributed by atoms with Gasteiger partial charge in [0.25, 0.3) is 0 Å². The maximum absolute atomic E-state index is 6.53. The molecule has 42 heavy (non-hydrogen) atoms. The highest BCUT2D eigenvalue weighted by molar-refractivity contribution is 6.28. The van der Waals surface area contributed by atoms with Gasteiger partial charge in [0, 0.05) is 16.3 Å². The van der Waals surface area contributed by atoms with E-state index in [1.54, 1.807) is 0 Å². The summed E-state index contributed by atoms with van der Waals surface area (Å²) in [6.45, 7) is 0. The van der Waals surface area contributed by atoms with E-state index >= 15 is 0 Å². The summed E-state index contributed by atoms with van der Waals surface area (Å²) >= 11 is 6.40. The Labute approximate surface area is 246 Å². The van der Waals surface area contributed by atoms with Gasteiger partial charge >= 0.3 is 0 Å². The SMILES string of the molecule is Clc1nc(-c2ccccc2)nc(-c2cccc3c2oc2cccc(-c4cccc5cc(-c6ccccc6)ccc45)c23)n1. The van der Waals surface area contributed by atoms with E-state index in [0.717, 1.165) is 38.6 Å². The van der Waals surface area contributed by atoms with Crippen LogP contribution in [0.25, 0.3) is 77.7 Å². The average molecular weight is 560 g/mol. The van der Waals surface area contributed by atoms with Crippen LogP contribution in [0.5, 0.6) is 0 Å². The lowest BCUT2D eigenvalue weighted by molar-refractivity contribution is 0.669. The van der Waals surface area contributed by atoms with Crippen LogP contribution >= 0.6 is 11.6 Å². The normalized spacial score (nSPS) is 11.5. The van der Waals surface area contributed by atoms with Crippen molar-refractivity contribution in [1.82, 2.24) is 15.0 Å². The van der Waals surface area contributed by atoms with E-state index in [2.05, 4.69) is 82.8 Å². The largest absolute Gasteiger partial charge is 0.455 e. The summed E-state index contributed by atoms with van der Waals surface area (Å²) < 4.78 is 6.53. The van der Waals surface area contributed by atoms with Crippen LogP contribution in [-0.4, -0.2) is 15.0 Å². The Morgan fingerprint density at radius 1 is 0.476 bits per heavy atom. The molecule has 0 N–H and O–H groups in total. The van der Waals surface area contributed by atoms with Gasteiger partial charge in [-0.2, -0.15) is 9.97 Å². The van der Waals surface area contributed by atoms with Crippen molar-refractivity contribution in [3.05, 3.63) is 139 Å². The molecule has 0 spiro atoms. The highest BCUT2D eigenvalue weighted by atomic mass is 35.5. The molecule has 0 aliphatic rings. The van der Waals surface area contributed by atoms with Gasteiger partial charge in [0.1, 0.15) is 11.2 Å². The topological polar surface area (TPSA) is 51.8 Å². The summed E-state index contributed by atoms with van der Waals surface area (Å²) in [5.74, 6) is 0.990. The predicted molar refractivity (Wildman–Crippen MR) is 171 cm³/mol. The summed E-state index contributed by atoms with van der Waals surface area (Å²) in [6, 6.07) is 45.7. The first-order valence-electron chi connectivity index (χ1n) is 13.7.